The van der Waals surface area contributed by atoms with Crippen LogP contribution in [0.1, 0.15) is 78.9 Å². The van der Waals surface area contributed by atoms with Gasteiger partial charge in [-0.1, -0.05) is 23.3 Å². The van der Waals surface area contributed by atoms with Crippen LogP contribution in [0.5, 0.6) is 5.75 Å². The van der Waals surface area contributed by atoms with Crippen LogP contribution in [-0.4, -0.2) is 56.3 Å². The molecule has 0 saturated carbocycles. The summed E-state index contributed by atoms with van der Waals surface area (Å²) in [6.07, 6.45) is -1.21. The number of hydrazine groups is 1. The quantitative estimate of drug-likeness (QED) is 0.165. The first kappa shape index (κ1) is 32.1. The van der Waals surface area contributed by atoms with Crippen molar-refractivity contribution in [3.05, 3.63) is 64.2 Å². The van der Waals surface area contributed by atoms with E-state index in [4.69, 9.17) is 14.2 Å². The Morgan fingerprint density at radius 2 is 1.44 bits per heavy atom. The van der Waals surface area contributed by atoms with Gasteiger partial charge in [-0.2, -0.15) is 0 Å². The molecule has 0 aliphatic rings. The van der Waals surface area contributed by atoms with Crippen molar-refractivity contribution in [1.29, 1.82) is 0 Å². The number of benzene rings is 2. The lowest BCUT2D eigenvalue weighted by molar-refractivity contribution is -0.160. The summed E-state index contributed by atoms with van der Waals surface area (Å²) in [5, 5.41) is 1.71. The summed E-state index contributed by atoms with van der Waals surface area (Å²) in [7, 11) is 1.47. The molecule has 9 nitrogen and oxygen atoms in total. The van der Waals surface area contributed by atoms with Crippen LogP contribution in [-0.2, 0) is 14.3 Å². The van der Waals surface area contributed by atoms with E-state index in [2.05, 4.69) is 0 Å². The number of carbonyl (C=O) groups excluding carboxylic acids is 4. The fourth-order valence-corrected chi connectivity index (χ4v) is 4.23. The SMILES string of the molecule is COc1cccc(C(=O)N(C(=O)OC(I)C(=O)OC(C)(C)C)N(C(=O)c2cc(C)cc(C)c2)C(C)(C)C)c1C. The van der Waals surface area contributed by atoms with E-state index >= 15 is 0 Å². The third-order valence-electron chi connectivity index (χ3n) is 5.39. The molecule has 1 atom stereocenters. The number of esters is 1. The molecular weight excluding hydrogens is 615 g/mol. The first-order valence-electron chi connectivity index (χ1n) is 12.4. The molecule has 0 heterocycles. The van der Waals surface area contributed by atoms with Gasteiger partial charge in [0, 0.05) is 16.7 Å². The monoisotopic (exact) mass is 652 g/mol. The molecule has 10 heteroatoms. The van der Waals surface area contributed by atoms with Crippen LogP contribution >= 0.6 is 22.6 Å². The highest BCUT2D eigenvalue weighted by atomic mass is 127. The number of hydrogen-bond donors (Lipinski definition) is 0. The third-order valence-corrected chi connectivity index (χ3v) is 6.16. The highest BCUT2D eigenvalue weighted by Crippen LogP contribution is 2.28. The number of nitrogens with zero attached hydrogens (tertiary/aromatic N) is 2. The summed E-state index contributed by atoms with van der Waals surface area (Å²) < 4.78 is 14.7. The minimum atomic E-state index is -1.38. The molecule has 3 amide bonds. The predicted molar refractivity (Wildman–Crippen MR) is 156 cm³/mol. The summed E-state index contributed by atoms with van der Waals surface area (Å²) in [6, 6.07) is 10.1. The predicted octanol–water partition coefficient (Wildman–Crippen LogP) is 6.16. The van der Waals surface area contributed by atoms with Crippen LogP contribution in [0.4, 0.5) is 4.79 Å². The number of alkyl halides is 1. The van der Waals surface area contributed by atoms with Gasteiger partial charge >= 0.3 is 12.1 Å². The Hall–Kier alpha value is -3.15. The van der Waals surface area contributed by atoms with Gasteiger partial charge in [-0.15, -0.1) is 5.01 Å². The Labute approximate surface area is 243 Å². The summed E-state index contributed by atoms with van der Waals surface area (Å²) in [5.74, 6) is -1.79. The van der Waals surface area contributed by atoms with Crippen molar-refractivity contribution < 1.29 is 33.4 Å². The number of rotatable bonds is 5. The number of halogens is 1. The second-order valence-electron chi connectivity index (χ2n) is 11.1. The second kappa shape index (κ2) is 12.4. The molecule has 1 unspecified atom stereocenters. The zero-order chi connectivity index (χ0) is 29.9. The van der Waals surface area contributed by atoms with E-state index in [1.54, 1.807) is 95.3 Å². The van der Waals surface area contributed by atoms with Crippen molar-refractivity contribution in [2.75, 3.05) is 7.11 Å². The van der Waals surface area contributed by atoms with Crippen LogP contribution in [0.15, 0.2) is 36.4 Å². The Bertz CT molecular complexity index is 1240. The lowest BCUT2D eigenvalue weighted by Crippen LogP contribution is -2.60. The highest BCUT2D eigenvalue weighted by Gasteiger charge is 2.43. The zero-order valence-corrected chi connectivity index (χ0v) is 26.3. The van der Waals surface area contributed by atoms with Gasteiger partial charge in [0.25, 0.3) is 11.8 Å². The van der Waals surface area contributed by atoms with Crippen molar-refractivity contribution in [3.63, 3.8) is 0 Å². The molecule has 0 N–H and O–H groups in total. The molecular formula is C29H37IN2O7. The van der Waals surface area contributed by atoms with Crippen LogP contribution in [0, 0.1) is 20.8 Å². The number of methoxy groups -OCH3 is 1. The molecule has 2 rings (SSSR count). The maximum absolute atomic E-state index is 14.1. The summed E-state index contributed by atoms with van der Waals surface area (Å²) in [6.45, 7) is 15.5. The molecule has 39 heavy (non-hydrogen) atoms. The molecule has 212 valence electrons. The Balaban J connectivity index is 2.68. The number of imide groups is 1. The average Bonchev–Trinajstić information content (AvgIpc) is 2.79. The number of amides is 3. The number of carbonyl (C=O) groups is 4. The van der Waals surface area contributed by atoms with Gasteiger partial charge in [0.2, 0.25) is 4.11 Å². The maximum atomic E-state index is 14.1. The van der Waals surface area contributed by atoms with Gasteiger partial charge in [-0.25, -0.2) is 14.6 Å². The summed E-state index contributed by atoms with van der Waals surface area (Å²) >= 11 is 1.62. The van der Waals surface area contributed by atoms with Crippen LogP contribution in [0.25, 0.3) is 0 Å². The van der Waals surface area contributed by atoms with Crippen molar-refractivity contribution in [2.24, 2.45) is 0 Å². The molecule has 0 saturated heterocycles. The topological polar surface area (TPSA) is 102 Å². The van der Waals surface area contributed by atoms with Crippen molar-refractivity contribution in [1.82, 2.24) is 10.0 Å². The average molecular weight is 653 g/mol. The Morgan fingerprint density at radius 1 is 0.872 bits per heavy atom. The molecule has 0 aromatic heterocycles. The minimum absolute atomic E-state index is 0.121. The number of aryl methyl sites for hydroxylation is 2. The van der Waals surface area contributed by atoms with E-state index < -0.39 is 39.1 Å². The molecule has 0 fully saturated rings. The van der Waals surface area contributed by atoms with E-state index in [1.807, 2.05) is 19.9 Å². The van der Waals surface area contributed by atoms with E-state index in [0.717, 1.165) is 16.1 Å². The molecule has 0 radical (unpaired) electrons. The Morgan fingerprint density at radius 3 is 1.92 bits per heavy atom. The third kappa shape index (κ3) is 8.17. The van der Waals surface area contributed by atoms with Crippen LogP contribution in [0.3, 0.4) is 0 Å². The summed E-state index contributed by atoms with van der Waals surface area (Å²) in [4.78, 5) is 54.4. The van der Waals surface area contributed by atoms with E-state index in [-0.39, 0.29) is 11.1 Å². The zero-order valence-electron chi connectivity index (χ0n) is 24.2. The van der Waals surface area contributed by atoms with Crippen LogP contribution < -0.4 is 4.74 Å². The van der Waals surface area contributed by atoms with Gasteiger partial charge in [0.1, 0.15) is 11.4 Å². The molecule has 0 aliphatic heterocycles. The van der Waals surface area contributed by atoms with Gasteiger partial charge in [-0.05, 0) is 109 Å². The molecule has 0 spiro atoms. The van der Waals surface area contributed by atoms with Crippen molar-refractivity contribution in [3.8, 4) is 5.75 Å². The first-order valence-corrected chi connectivity index (χ1v) is 13.6. The first-order chi connectivity index (χ1) is 17.9. The van der Waals surface area contributed by atoms with Gasteiger partial charge < -0.3 is 14.2 Å². The maximum Gasteiger partial charge on any atom is 0.438 e. The number of hydrogen-bond acceptors (Lipinski definition) is 7. The standard InChI is InChI=1S/C29H37IN2O7/c1-17-14-18(2)16-20(15-17)24(33)32(28(4,5)6)31(25(34)21-12-11-13-22(37-10)19(21)3)27(36)38-23(30)26(35)39-29(7,8)9/h11-16,23H,1-10H3. The minimum Gasteiger partial charge on any atom is -0.496 e. The second-order valence-corrected chi connectivity index (χ2v) is 12.3. The van der Waals surface area contributed by atoms with E-state index in [0.29, 0.717) is 16.3 Å². The lowest BCUT2D eigenvalue weighted by Gasteiger charge is -2.41. The fraction of sp³-hybridized carbons (Fsp3) is 0.448. The van der Waals surface area contributed by atoms with E-state index in [1.165, 1.54) is 13.2 Å². The molecule has 2 aromatic carbocycles. The lowest BCUT2D eigenvalue weighted by atomic mass is 10.0. The number of ether oxygens (including phenoxy) is 3. The smallest absolute Gasteiger partial charge is 0.438 e. The van der Waals surface area contributed by atoms with Gasteiger partial charge in [-0.3, -0.25) is 9.59 Å². The molecule has 0 aliphatic carbocycles. The molecule has 2 aromatic rings. The largest absolute Gasteiger partial charge is 0.496 e. The van der Waals surface area contributed by atoms with Gasteiger partial charge in [0.05, 0.1) is 12.6 Å². The fourth-order valence-electron chi connectivity index (χ4n) is 3.89. The normalized spacial score (nSPS) is 12.3. The van der Waals surface area contributed by atoms with Crippen molar-refractivity contribution >= 4 is 46.5 Å². The highest BCUT2D eigenvalue weighted by molar-refractivity contribution is 14.1. The molecule has 0 bridgehead atoms. The van der Waals surface area contributed by atoms with Crippen LogP contribution in [0.2, 0.25) is 0 Å². The van der Waals surface area contributed by atoms with Gasteiger partial charge in [0.15, 0.2) is 0 Å². The Kier molecular flexibility index (Phi) is 10.2. The van der Waals surface area contributed by atoms with E-state index in [9.17, 15) is 19.2 Å². The summed E-state index contributed by atoms with van der Waals surface area (Å²) in [5.41, 5.74) is 0.666. The van der Waals surface area contributed by atoms with Crippen molar-refractivity contribution in [2.45, 2.75) is 77.6 Å².